The molecule has 1 aliphatic heterocycles. The second kappa shape index (κ2) is 7.91. The van der Waals surface area contributed by atoms with Crippen LogP contribution < -0.4 is 5.32 Å². The van der Waals surface area contributed by atoms with E-state index in [2.05, 4.69) is 10.3 Å². The van der Waals surface area contributed by atoms with Gasteiger partial charge in [0.15, 0.2) is 0 Å². The Morgan fingerprint density at radius 3 is 2.62 bits per heavy atom. The average Bonchev–Trinajstić information content (AvgIpc) is 3.24. The minimum atomic E-state index is -0.633. The third-order valence-corrected chi connectivity index (χ3v) is 5.39. The molecule has 2 amide bonds. The number of aromatic nitrogens is 1. The van der Waals surface area contributed by atoms with Crippen molar-refractivity contribution in [2.24, 2.45) is 5.92 Å². The molecule has 0 saturated carbocycles. The summed E-state index contributed by atoms with van der Waals surface area (Å²) in [7, 11) is 0. The fourth-order valence-electron chi connectivity index (χ4n) is 3.95. The zero-order valence-corrected chi connectivity index (χ0v) is 16.3. The molecule has 0 radical (unpaired) electrons. The summed E-state index contributed by atoms with van der Waals surface area (Å²) in [5.41, 5.74) is 3.00. The maximum atomic E-state index is 12.7. The number of H-pyrrole nitrogens is 1. The van der Waals surface area contributed by atoms with Crippen LogP contribution in [0.25, 0.3) is 10.9 Å². The molecule has 6 nitrogen and oxygen atoms in total. The highest BCUT2D eigenvalue weighted by Crippen LogP contribution is 2.23. The number of Topliss-reactive ketones (excluding diaryl/α,β-unsaturated/α-hetero) is 1. The van der Waals surface area contributed by atoms with Crippen LogP contribution in [0.4, 0.5) is 0 Å². The Labute approximate surface area is 168 Å². The molecular formula is C23H23N3O3. The Hall–Kier alpha value is -3.41. The molecule has 1 saturated heterocycles. The first kappa shape index (κ1) is 18.9. The third kappa shape index (κ3) is 3.92. The molecule has 3 aromatic rings. The molecule has 4 rings (SSSR count). The number of benzene rings is 2. The van der Waals surface area contributed by atoms with E-state index in [1.54, 1.807) is 11.8 Å². The van der Waals surface area contributed by atoms with Crippen LogP contribution in [0.2, 0.25) is 0 Å². The van der Waals surface area contributed by atoms with Crippen molar-refractivity contribution in [3.05, 3.63) is 71.4 Å². The number of carbonyl (C=O) groups is 3. The molecule has 1 fully saturated rings. The lowest BCUT2D eigenvalue weighted by Gasteiger charge is -2.17. The van der Waals surface area contributed by atoms with Gasteiger partial charge in [0.2, 0.25) is 5.91 Å². The summed E-state index contributed by atoms with van der Waals surface area (Å²) in [5, 5.41) is 3.47. The smallest absolute Gasteiger partial charge is 0.292 e. The summed E-state index contributed by atoms with van der Waals surface area (Å²) in [6.07, 6.45) is 0.382. The molecule has 0 spiro atoms. The molecule has 0 bridgehead atoms. The van der Waals surface area contributed by atoms with Crippen molar-refractivity contribution in [1.82, 2.24) is 15.2 Å². The van der Waals surface area contributed by atoms with E-state index in [1.807, 2.05) is 54.6 Å². The van der Waals surface area contributed by atoms with E-state index < -0.39 is 11.7 Å². The van der Waals surface area contributed by atoms with Crippen LogP contribution in [0.5, 0.6) is 0 Å². The van der Waals surface area contributed by atoms with E-state index in [0.29, 0.717) is 37.3 Å². The van der Waals surface area contributed by atoms with Gasteiger partial charge in [-0.2, -0.15) is 0 Å². The van der Waals surface area contributed by atoms with Gasteiger partial charge in [-0.15, -0.1) is 0 Å². The van der Waals surface area contributed by atoms with Crippen LogP contribution in [-0.4, -0.2) is 40.6 Å². The number of hydrogen-bond donors (Lipinski definition) is 2. The number of likely N-dealkylation sites (tertiary alicyclic amines) is 1. The zero-order chi connectivity index (χ0) is 20.4. The third-order valence-electron chi connectivity index (χ3n) is 5.39. The Morgan fingerprint density at radius 2 is 1.83 bits per heavy atom. The SMILES string of the molecule is Cc1[nH]c2ccccc2c1C(=O)C(=O)NCC1CC(=O)N(Cc2ccccc2)C1. The van der Waals surface area contributed by atoms with E-state index >= 15 is 0 Å². The average molecular weight is 389 g/mol. The number of nitrogens with zero attached hydrogens (tertiary/aromatic N) is 1. The van der Waals surface area contributed by atoms with Crippen molar-refractivity contribution in [3.63, 3.8) is 0 Å². The van der Waals surface area contributed by atoms with Gasteiger partial charge in [-0.3, -0.25) is 14.4 Å². The van der Waals surface area contributed by atoms with E-state index in [1.165, 1.54) is 0 Å². The summed E-state index contributed by atoms with van der Waals surface area (Å²) < 4.78 is 0. The molecule has 0 aliphatic carbocycles. The molecule has 2 aromatic carbocycles. The Balaban J connectivity index is 1.36. The number of aryl methyl sites for hydroxylation is 1. The largest absolute Gasteiger partial charge is 0.358 e. The number of aromatic amines is 1. The number of fused-ring (bicyclic) bond motifs is 1. The predicted molar refractivity (Wildman–Crippen MR) is 110 cm³/mol. The molecular weight excluding hydrogens is 366 g/mol. The van der Waals surface area contributed by atoms with E-state index in [9.17, 15) is 14.4 Å². The molecule has 6 heteroatoms. The molecule has 1 unspecified atom stereocenters. The Kier molecular flexibility index (Phi) is 5.16. The summed E-state index contributed by atoms with van der Waals surface area (Å²) in [6, 6.07) is 17.3. The number of para-hydroxylation sites is 1. The predicted octanol–water partition coefficient (Wildman–Crippen LogP) is 2.82. The summed E-state index contributed by atoms with van der Waals surface area (Å²) in [4.78, 5) is 42.4. The lowest BCUT2D eigenvalue weighted by Crippen LogP contribution is -2.35. The standard InChI is InChI=1S/C23H23N3O3/c1-15-21(18-9-5-6-10-19(18)25-15)22(28)23(29)24-12-17-11-20(27)26(14-17)13-16-7-3-2-4-8-16/h2-10,17,25H,11-14H2,1H3,(H,24,29). The first-order valence-electron chi connectivity index (χ1n) is 9.74. The van der Waals surface area contributed by atoms with Crippen LogP contribution >= 0.6 is 0 Å². The maximum absolute atomic E-state index is 12.7. The van der Waals surface area contributed by atoms with Crippen LogP contribution in [0, 0.1) is 12.8 Å². The number of carbonyl (C=O) groups excluding carboxylic acids is 3. The minimum absolute atomic E-state index is 0.00651. The second-order valence-corrected chi connectivity index (χ2v) is 7.54. The monoisotopic (exact) mass is 389 g/mol. The van der Waals surface area contributed by atoms with Crippen LogP contribution in [0.1, 0.15) is 28.0 Å². The highest BCUT2D eigenvalue weighted by molar-refractivity contribution is 6.45. The van der Waals surface area contributed by atoms with Crippen LogP contribution in [0.15, 0.2) is 54.6 Å². The van der Waals surface area contributed by atoms with Crippen LogP contribution in [0.3, 0.4) is 0 Å². The number of amides is 2. The molecule has 148 valence electrons. The molecule has 2 heterocycles. The van der Waals surface area contributed by atoms with Gasteiger partial charge in [-0.1, -0.05) is 48.5 Å². The van der Waals surface area contributed by atoms with Crippen molar-refractivity contribution < 1.29 is 14.4 Å². The molecule has 1 atom stereocenters. The topological polar surface area (TPSA) is 82.3 Å². The van der Waals surface area contributed by atoms with Crippen LogP contribution in [-0.2, 0) is 16.1 Å². The molecule has 29 heavy (non-hydrogen) atoms. The van der Waals surface area contributed by atoms with Crippen molar-refractivity contribution in [3.8, 4) is 0 Å². The normalized spacial score (nSPS) is 16.4. The number of hydrogen-bond acceptors (Lipinski definition) is 3. The first-order chi connectivity index (χ1) is 14.0. The van der Waals surface area contributed by atoms with E-state index in [-0.39, 0.29) is 11.8 Å². The highest BCUT2D eigenvalue weighted by Gasteiger charge is 2.30. The lowest BCUT2D eigenvalue weighted by molar-refractivity contribution is -0.128. The van der Waals surface area contributed by atoms with Gasteiger partial charge in [-0.25, -0.2) is 0 Å². The van der Waals surface area contributed by atoms with Crippen molar-refractivity contribution in [1.29, 1.82) is 0 Å². The fraction of sp³-hybridized carbons (Fsp3) is 0.261. The molecule has 2 N–H and O–H groups in total. The summed E-state index contributed by atoms with van der Waals surface area (Å²) in [5.74, 6) is -1.10. The van der Waals surface area contributed by atoms with Crippen molar-refractivity contribution >= 4 is 28.5 Å². The number of nitrogens with one attached hydrogen (secondary N) is 2. The van der Waals surface area contributed by atoms with Crippen molar-refractivity contribution in [2.75, 3.05) is 13.1 Å². The second-order valence-electron chi connectivity index (χ2n) is 7.54. The van der Waals surface area contributed by atoms with Gasteiger partial charge in [0, 0.05) is 48.6 Å². The summed E-state index contributed by atoms with van der Waals surface area (Å²) >= 11 is 0. The van der Waals surface area contributed by atoms with Gasteiger partial charge >= 0.3 is 0 Å². The minimum Gasteiger partial charge on any atom is -0.358 e. The lowest BCUT2D eigenvalue weighted by atomic mass is 10.1. The molecule has 1 aliphatic rings. The quantitative estimate of drug-likeness (QED) is 0.502. The maximum Gasteiger partial charge on any atom is 0.292 e. The van der Waals surface area contributed by atoms with Crippen molar-refractivity contribution in [2.45, 2.75) is 19.9 Å². The first-order valence-corrected chi connectivity index (χ1v) is 9.74. The fourth-order valence-corrected chi connectivity index (χ4v) is 3.95. The number of rotatable bonds is 6. The van der Waals surface area contributed by atoms with E-state index in [4.69, 9.17) is 0 Å². The van der Waals surface area contributed by atoms with Gasteiger partial charge in [0.05, 0.1) is 5.56 Å². The zero-order valence-electron chi connectivity index (χ0n) is 16.3. The van der Waals surface area contributed by atoms with Gasteiger partial charge in [0.25, 0.3) is 11.7 Å². The number of ketones is 1. The van der Waals surface area contributed by atoms with Gasteiger partial charge < -0.3 is 15.2 Å². The van der Waals surface area contributed by atoms with E-state index in [0.717, 1.165) is 16.5 Å². The molecule has 1 aromatic heterocycles. The Morgan fingerprint density at radius 1 is 1.10 bits per heavy atom. The highest BCUT2D eigenvalue weighted by atomic mass is 16.2. The summed E-state index contributed by atoms with van der Waals surface area (Å²) in [6.45, 7) is 3.24. The van der Waals surface area contributed by atoms with Gasteiger partial charge in [-0.05, 0) is 18.6 Å². The Bertz CT molecular complexity index is 1070. The van der Waals surface area contributed by atoms with Gasteiger partial charge in [0.1, 0.15) is 0 Å².